The molecule has 142 valence electrons. The molecule has 3 heterocycles. The zero-order chi connectivity index (χ0) is 19.1. The van der Waals surface area contributed by atoms with Gasteiger partial charge in [-0.1, -0.05) is 30.3 Å². The zero-order valence-electron chi connectivity index (χ0n) is 15.5. The van der Waals surface area contributed by atoms with E-state index in [4.69, 9.17) is 4.98 Å². The van der Waals surface area contributed by atoms with Crippen molar-refractivity contribution in [3.05, 3.63) is 65.5 Å². The van der Waals surface area contributed by atoms with Gasteiger partial charge in [0, 0.05) is 12.1 Å². The molecule has 2 aliphatic rings. The molecule has 1 saturated heterocycles. The van der Waals surface area contributed by atoms with Crippen molar-refractivity contribution in [2.75, 3.05) is 6.54 Å². The first-order valence-electron chi connectivity index (χ1n) is 9.84. The van der Waals surface area contributed by atoms with Gasteiger partial charge in [0.1, 0.15) is 5.82 Å². The van der Waals surface area contributed by atoms with Crippen LogP contribution >= 0.6 is 0 Å². The van der Waals surface area contributed by atoms with Gasteiger partial charge in [-0.3, -0.25) is 9.59 Å². The number of likely N-dealkylation sites (tertiary alicyclic amines) is 1. The molecule has 28 heavy (non-hydrogen) atoms. The number of imidazole rings is 1. The summed E-state index contributed by atoms with van der Waals surface area (Å²) in [6, 6.07) is 15.1. The number of aromatic nitrogens is 2. The molecule has 0 bridgehead atoms. The molecule has 2 atom stereocenters. The maximum atomic E-state index is 13.2. The lowest BCUT2D eigenvalue weighted by Crippen LogP contribution is -2.40. The van der Waals surface area contributed by atoms with Gasteiger partial charge >= 0.3 is 0 Å². The van der Waals surface area contributed by atoms with Gasteiger partial charge in [-0.25, -0.2) is 4.98 Å². The Kier molecular flexibility index (Phi) is 4.11. The fraction of sp³-hybridized carbons (Fsp3) is 0.318. The lowest BCUT2D eigenvalue weighted by molar-refractivity contribution is -0.135. The maximum absolute atomic E-state index is 13.2. The largest absolute Gasteiger partial charge is 0.345 e. The van der Waals surface area contributed by atoms with Crippen LogP contribution in [0.5, 0.6) is 0 Å². The number of para-hydroxylation sites is 2. The summed E-state index contributed by atoms with van der Waals surface area (Å²) in [5.74, 6) is 0.818. The summed E-state index contributed by atoms with van der Waals surface area (Å²) in [5, 5.41) is 2.96. The minimum atomic E-state index is -0.255. The van der Waals surface area contributed by atoms with E-state index in [0.29, 0.717) is 5.56 Å². The van der Waals surface area contributed by atoms with Gasteiger partial charge in [-0.05, 0) is 43.0 Å². The van der Waals surface area contributed by atoms with Crippen LogP contribution in [-0.2, 0) is 4.79 Å². The van der Waals surface area contributed by atoms with Crippen LogP contribution in [0, 0.1) is 0 Å². The first-order chi connectivity index (χ1) is 13.7. The number of carbonyl (C=O) groups is 2. The number of H-pyrrole nitrogens is 1. The Hall–Kier alpha value is -3.15. The molecule has 1 fully saturated rings. The van der Waals surface area contributed by atoms with Crippen molar-refractivity contribution in [2.24, 2.45) is 0 Å². The van der Waals surface area contributed by atoms with Crippen LogP contribution in [0.4, 0.5) is 0 Å². The Morgan fingerprint density at radius 3 is 2.82 bits per heavy atom. The number of amides is 2. The highest BCUT2D eigenvalue weighted by molar-refractivity contribution is 5.99. The van der Waals surface area contributed by atoms with E-state index in [1.165, 1.54) is 0 Å². The zero-order valence-corrected chi connectivity index (χ0v) is 15.5. The number of carbonyl (C=O) groups excluding carboxylic acids is 2. The summed E-state index contributed by atoms with van der Waals surface area (Å²) in [5.41, 5.74) is 3.51. The van der Waals surface area contributed by atoms with Crippen molar-refractivity contribution in [1.29, 1.82) is 0 Å². The van der Waals surface area contributed by atoms with Crippen LogP contribution in [-0.4, -0.2) is 33.2 Å². The normalized spacial score (nSPS) is 21.6. The number of nitrogens with zero attached hydrogens (tertiary/aromatic N) is 2. The fourth-order valence-electron chi connectivity index (χ4n) is 4.42. The number of hydrogen-bond donors (Lipinski definition) is 2. The van der Waals surface area contributed by atoms with E-state index in [9.17, 15) is 9.59 Å². The van der Waals surface area contributed by atoms with Gasteiger partial charge in [0.15, 0.2) is 0 Å². The highest BCUT2D eigenvalue weighted by Crippen LogP contribution is 2.34. The highest BCUT2D eigenvalue weighted by atomic mass is 16.2. The summed E-state index contributed by atoms with van der Waals surface area (Å²) in [4.78, 5) is 35.4. The second kappa shape index (κ2) is 6.78. The molecule has 0 spiro atoms. The average molecular weight is 374 g/mol. The third-order valence-corrected chi connectivity index (χ3v) is 5.81. The van der Waals surface area contributed by atoms with E-state index in [2.05, 4.69) is 10.3 Å². The molecule has 1 aromatic heterocycles. The third kappa shape index (κ3) is 2.85. The predicted molar refractivity (Wildman–Crippen MR) is 106 cm³/mol. The van der Waals surface area contributed by atoms with Gasteiger partial charge in [0.05, 0.1) is 29.5 Å². The molecule has 0 aliphatic carbocycles. The van der Waals surface area contributed by atoms with Crippen molar-refractivity contribution in [3.8, 4) is 0 Å². The van der Waals surface area contributed by atoms with Crippen molar-refractivity contribution >= 4 is 22.8 Å². The minimum absolute atomic E-state index is 0.0407. The summed E-state index contributed by atoms with van der Waals surface area (Å²) >= 11 is 0. The first-order valence-corrected chi connectivity index (χ1v) is 9.84. The SMILES string of the molecule is O=C1N[C@H](CC(=O)N2CCCC[C@H]2c2nc3ccccc3[nH]2)c2ccccc21. The van der Waals surface area contributed by atoms with Crippen molar-refractivity contribution in [1.82, 2.24) is 20.2 Å². The summed E-state index contributed by atoms with van der Waals surface area (Å²) in [6.45, 7) is 0.725. The third-order valence-electron chi connectivity index (χ3n) is 5.81. The van der Waals surface area contributed by atoms with Gasteiger partial charge < -0.3 is 15.2 Å². The van der Waals surface area contributed by atoms with Crippen molar-refractivity contribution in [2.45, 2.75) is 37.8 Å². The molecule has 2 amide bonds. The molecule has 0 radical (unpaired) electrons. The highest BCUT2D eigenvalue weighted by Gasteiger charge is 2.35. The van der Waals surface area contributed by atoms with Crippen LogP contribution in [0.15, 0.2) is 48.5 Å². The predicted octanol–water partition coefficient (Wildman–Crippen LogP) is 3.49. The Morgan fingerprint density at radius 1 is 1.11 bits per heavy atom. The van der Waals surface area contributed by atoms with Gasteiger partial charge in [-0.15, -0.1) is 0 Å². The van der Waals surface area contributed by atoms with E-state index < -0.39 is 0 Å². The number of nitrogens with one attached hydrogen (secondary N) is 2. The van der Waals surface area contributed by atoms with Crippen molar-refractivity contribution < 1.29 is 9.59 Å². The summed E-state index contributed by atoms with van der Waals surface area (Å²) in [6.07, 6.45) is 3.25. The molecule has 6 heteroatoms. The van der Waals surface area contributed by atoms with E-state index in [0.717, 1.165) is 48.2 Å². The van der Waals surface area contributed by atoms with E-state index in [1.54, 1.807) is 0 Å². The number of fused-ring (bicyclic) bond motifs is 2. The molecule has 2 aromatic carbocycles. The quantitative estimate of drug-likeness (QED) is 0.737. The number of benzene rings is 2. The summed E-state index contributed by atoms with van der Waals surface area (Å²) < 4.78 is 0. The van der Waals surface area contributed by atoms with E-state index in [-0.39, 0.29) is 30.3 Å². The van der Waals surface area contributed by atoms with E-state index in [1.807, 2.05) is 53.4 Å². The first kappa shape index (κ1) is 17.0. The van der Waals surface area contributed by atoms with E-state index >= 15 is 0 Å². The Bertz CT molecular complexity index is 1020. The monoisotopic (exact) mass is 374 g/mol. The molecular weight excluding hydrogens is 352 g/mol. The molecule has 5 rings (SSSR count). The Balaban J connectivity index is 1.39. The van der Waals surface area contributed by atoms with Gasteiger partial charge in [0.25, 0.3) is 5.91 Å². The Labute approximate surface area is 163 Å². The molecule has 6 nitrogen and oxygen atoms in total. The second-order valence-electron chi connectivity index (χ2n) is 7.56. The fourth-order valence-corrected chi connectivity index (χ4v) is 4.42. The molecular formula is C22H22N4O2. The average Bonchev–Trinajstić information content (AvgIpc) is 3.30. The summed E-state index contributed by atoms with van der Waals surface area (Å²) in [7, 11) is 0. The van der Waals surface area contributed by atoms with Crippen LogP contribution in [0.25, 0.3) is 11.0 Å². The van der Waals surface area contributed by atoms with Gasteiger partial charge in [0.2, 0.25) is 5.91 Å². The molecule has 0 unspecified atom stereocenters. The van der Waals surface area contributed by atoms with Crippen molar-refractivity contribution in [3.63, 3.8) is 0 Å². The minimum Gasteiger partial charge on any atom is -0.345 e. The molecule has 0 saturated carbocycles. The molecule has 2 aliphatic heterocycles. The van der Waals surface area contributed by atoms with Crippen LogP contribution in [0.3, 0.4) is 0 Å². The molecule has 3 aromatic rings. The number of aromatic amines is 1. The smallest absolute Gasteiger partial charge is 0.252 e. The van der Waals surface area contributed by atoms with Gasteiger partial charge in [-0.2, -0.15) is 0 Å². The van der Waals surface area contributed by atoms with Crippen LogP contribution in [0.1, 0.15) is 59.5 Å². The standard InChI is InChI=1S/C22H22N4O2/c27-20(13-18-14-7-1-2-8-15(14)22(28)25-18)26-12-6-5-11-19(26)21-23-16-9-3-4-10-17(16)24-21/h1-4,7-10,18-19H,5-6,11-13H2,(H,23,24)(H,25,28)/t18-,19+/m1/s1. The molecule has 2 N–H and O–H groups in total. The number of hydrogen-bond acceptors (Lipinski definition) is 3. The Morgan fingerprint density at radius 2 is 1.93 bits per heavy atom. The second-order valence-corrected chi connectivity index (χ2v) is 7.56. The topological polar surface area (TPSA) is 78.1 Å². The van der Waals surface area contributed by atoms with Crippen LogP contribution < -0.4 is 5.32 Å². The number of rotatable bonds is 3. The lowest BCUT2D eigenvalue weighted by atomic mass is 9.98. The number of piperidine rings is 1. The lowest BCUT2D eigenvalue weighted by Gasteiger charge is -2.35. The van der Waals surface area contributed by atoms with Crippen LogP contribution in [0.2, 0.25) is 0 Å². The maximum Gasteiger partial charge on any atom is 0.252 e.